The van der Waals surface area contributed by atoms with E-state index in [0.29, 0.717) is 32.0 Å². The first-order valence-corrected chi connectivity index (χ1v) is 19.7. The minimum Gasteiger partial charge on any atom is -0.497 e. The van der Waals surface area contributed by atoms with Gasteiger partial charge in [0.25, 0.3) is 5.91 Å². The van der Waals surface area contributed by atoms with Crippen LogP contribution >= 0.6 is 0 Å². The molecule has 3 aromatic rings. The fourth-order valence-corrected chi connectivity index (χ4v) is 10.2. The van der Waals surface area contributed by atoms with Gasteiger partial charge in [-0.3, -0.25) is 9.59 Å². The fraction of sp³-hybridized carbons (Fsp3) is 0.553. The van der Waals surface area contributed by atoms with Gasteiger partial charge in [-0.2, -0.15) is 12.7 Å². The molecule has 2 aliphatic carbocycles. The van der Waals surface area contributed by atoms with E-state index in [1.54, 1.807) is 32.2 Å². The van der Waals surface area contributed by atoms with Gasteiger partial charge in [0.1, 0.15) is 5.75 Å². The second-order valence-electron chi connectivity index (χ2n) is 15.7. The van der Waals surface area contributed by atoms with Gasteiger partial charge in [-0.25, -0.2) is 9.52 Å². The van der Waals surface area contributed by atoms with Crippen LogP contribution in [0.5, 0.6) is 5.75 Å². The van der Waals surface area contributed by atoms with Crippen molar-refractivity contribution in [3.05, 3.63) is 53.1 Å². The third-order valence-corrected chi connectivity index (χ3v) is 13.7. The van der Waals surface area contributed by atoms with Crippen molar-refractivity contribution in [1.82, 2.24) is 28.3 Å². The number of nitrogens with one attached hydrogen (secondary N) is 1. The van der Waals surface area contributed by atoms with Crippen LogP contribution in [0, 0.1) is 5.41 Å². The summed E-state index contributed by atoms with van der Waals surface area (Å²) in [5.74, 6) is 0.506. The van der Waals surface area contributed by atoms with Crippen LogP contribution in [-0.2, 0) is 21.5 Å². The molecule has 2 aromatic carbocycles. The number of urea groups is 1. The number of piperazine rings is 1. The minimum absolute atomic E-state index is 0.0122. The Bertz CT molecular complexity index is 2040. The fourth-order valence-electron chi connectivity index (χ4n) is 9.62. The molecule has 2 unspecified atom stereocenters. The number of methoxy groups -OCH3 is 1. The molecular weight excluding hydrogens is 669 g/mol. The van der Waals surface area contributed by atoms with Gasteiger partial charge in [0.2, 0.25) is 5.91 Å². The Morgan fingerprint density at radius 1 is 0.922 bits per heavy atom. The van der Waals surface area contributed by atoms with Gasteiger partial charge in [0.15, 0.2) is 0 Å². The molecular formula is C38H48N6O6S. The number of carbonyl (C=O) groups excluding carboxylic acids is 3. The number of aromatic nitrogens is 1. The molecule has 1 N–H and O–H groups in total. The molecule has 2 bridgehead atoms. The lowest BCUT2D eigenvalue weighted by atomic mass is 9.81. The van der Waals surface area contributed by atoms with Crippen LogP contribution in [0.15, 0.2) is 36.4 Å². The van der Waals surface area contributed by atoms with Crippen LogP contribution in [0.3, 0.4) is 0 Å². The van der Waals surface area contributed by atoms with Gasteiger partial charge in [-0.05, 0) is 79.5 Å². The van der Waals surface area contributed by atoms with Gasteiger partial charge in [0, 0.05) is 87.9 Å². The first kappa shape index (κ1) is 34.0. The van der Waals surface area contributed by atoms with Gasteiger partial charge < -0.3 is 24.0 Å². The number of nitrogens with zero attached hydrogens (tertiary/aromatic N) is 5. The van der Waals surface area contributed by atoms with E-state index in [4.69, 9.17) is 4.74 Å². The normalized spacial score (nSPS) is 25.6. The Hall–Kier alpha value is -4.10. The zero-order valence-corrected chi connectivity index (χ0v) is 31.0. The standard InChI is InChI=1S/C38H48N6O6S/c1-40(2)37(47)42-20-25-12-13-26(21-42)44(25)36(46)38-19-31(38)30-18-27(50-5)14-16-28(30)34-33(23-9-7-6-8-10-23)29-15-11-24(17-32(29)43(34)22-38)35(45)39-51(48,49)41(3)4/h11,14-18,23,25-26,31H,6-10,12-13,19-22H2,1-5H3,(H,39,45)/t25-,26+,31?,38?. The maximum Gasteiger partial charge on any atom is 0.319 e. The van der Waals surface area contributed by atoms with E-state index in [2.05, 4.69) is 26.3 Å². The number of carbonyl (C=O) groups is 3. The van der Waals surface area contributed by atoms with Crippen molar-refractivity contribution in [2.45, 2.75) is 81.8 Å². The number of likely N-dealkylation sites (tertiary alicyclic amines) is 1. The lowest BCUT2D eigenvalue weighted by molar-refractivity contribution is -0.143. The Morgan fingerprint density at radius 3 is 2.27 bits per heavy atom. The van der Waals surface area contributed by atoms with Crippen LogP contribution in [0.2, 0.25) is 0 Å². The molecule has 51 heavy (non-hydrogen) atoms. The van der Waals surface area contributed by atoms with E-state index in [0.717, 1.165) is 76.3 Å². The van der Waals surface area contributed by atoms with E-state index in [1.807, 2.05) is 23.1 Å². The van der Waals surface area contributed by atoms with Gasteiger partial charge in [-0.15, -0.1) is 0 Å². The van der Waals surface area contributed by atoms with Crippen molar-refractivity contribution >= 4 is 39.0 Å². The van der Waals surface area contributed by atoms with Crippen molar-refractivity contribution in [2.75, 3.05) is 48.4 Å². The monoisotopic (exact) mass is 716 g/mol. The molecule has 13 heteroatoms. The molecule has 4 heterocycles. The summed E-state index contributed by atoms with van der Waals surface area (Å²) in [6.07, 6.45) is 8.06. The number of benzene rings is 2. The molecule has 4 atom stereocenters. The molecule has 8 rings (SSSR count). The van der Waals surface area contributed by atoms with E-state index in [9.17, 15) is 18.0 Å². The summed E-state index contributed by atoms with van der Waals surface area (Å²) in [6.45, 7) is 1.51. The molecule has 5 aliphatic rings. The number of hydrogen-bond acceptors (Lipinski definition) is 6. The second kappa shape index (κ2) is 12.3. The van der Waals surface area contributed by atoms with Gasteiger partial charge in [0.05, 0.1) is 18.2 Å². The SMILES string of the molecule is COc1ccc2c(c1)C1CC1(C(=O)N1[C@@H]3CC[C@H]1CN(C(=O)N(C)C)C3)Cn1c-2c(C2CCCCC2)c2ccc(C(=O)NS(=O)(=O)N(C)C)cc21. The maximum absolute atomic E-state index is 15.2. The predicted octanol–water partition coefficient (Wildman–Crippen LogP) is 4.74. The number of ether oxygens (including phenoxy) is 1. The number of hydrogen-bond donors (Lipinski definition) is 1. The van der Waals surface area contributed by atoms with Gasteiger partial charge in [-0.1, -0.05) is 25.3 Å². The average molecular weight is 717 g/mol. The summed E-state index contributed by atoms with van der Waals surface area (Å²) in [4.78, 5) is 47.2. The molecule has 0 radical (unpaired) electrons. The predicted molar refractivity (Wildman–Crippen MR) is 194 cm³/mol. The third kappa shape index (κ3) is 5.41. The van der Waals surface area contributed by atoms with Crippen LogP contribution in [0.1, 0.15) is 84.7 Å². The highest BCUT2D eigenvalue weighted by atomic mass is 32.2. The summed E-state index contributed by atoms with van der Waals surface area (Å²) >= 11 is 0. The Kier molecular flexibility index (Phi) is 8.17. The van der Waals surface area contributed by atoms with Crippen molar-refractivity contribution in [3.8, 4) is 17.0 Å². The smallest absolute Gasteiger partial charge is 0.319 e. The Balaban J connectivity index is 1.28. The van der Waals surface area contributed by atoms with E-state index >= 15 is 4.79 Å². The molecule has 4 fully saturated rings. The van der Waals surface area contributed by atoms with E-state index < -0.39 is 21.5 Å². The average Bonchev–Trinajstić information content (AvgIpc) is 3.71. The van der Waals surface area contributed by atoms with E-state index in [-0.39, 0.29) is 35.5 Å². The first-order chi connectivity index (χ1) is 24.3. The summed E-state index contributed by atoms with van der Waals surface area (Å²) < 4.78 is 36.5. The van der Waals surface area contributed by atoms with Gasteiger partial charge >= 0.3 is 16.2 Å². The van der Waals surface area contributed by atoms with Crippen molar-refractivity contribution in [3.63, 3.8) is 0 Å². The zero-order valence-electron chi connectivity index (χ0n) is 30.1. The van der Waals surface area contributed by atoms with Crippen LogP contribution in [-0.4, -0.2) is 110 Å². The highest BCUT2D eigenvalue weighted by molar-refractivity contribution is 7.87. The van der Waals surface area contributed by atoms with E-state index in [1.165, 1.54) is 26.1 Å². The van der Waals surface area contributed by atoms with Crippen LogP contribution in [0.4, 0.5) is 4.79 Å². The topological polar surface area (TPSA) is 124 Å². The number of fused-ring (bicyclic) bond motifs is 9. The molecule has 2 saturated carbocycles. The number of rotatable bonds is 6. The first-order valence-electron chi connectivity index (χ1n) is 18.2. The lowest BCUT2D eigenvalue weighted by Gasteiger charge is -2.43. The highest BCUT2D eigenvalue weighted by Gasteiger charge is 2.65. The molecule has 2 saturated heterocycles. The maximum atomic E-state index is 15.2. The minimum atomic E-state index is -4.00. The van der Waals surface area contributed by atoms with Crippen molar-refractivity contribution in [2.24, 2.45) is 5.41 Å². The van der Waals surface area contributed by atoms with Crippen LogP contribution in [0.25, 0.3) is 22.2 Å². The Morgan fingerprint density at radius 2 is 1.63 bits per heavy atom. The van der Waals surface area contributed by atoms with Crippen molar-refractivity contribution < 1.29 is 27.5 Å². The largest absolute Gasteiger partial charge is 0.497 e. The van der Waals surface area contributed by atoms with Crippen molar-refractivity contribution in [1.29, 1.82) is 0 Å². The quantitative estimate of drug-likeness (QED) is 0.393. The molecule has 3 aliphatic heterocycles. The van der Waals surface area contributed by atoms with Crippen LogP contribution < -0.4 is 9.46 Å². The molecule has 12 nitrogen and oxygen atoms in total. The summed E-state index contributed by atoms with van der Waals surface area (Å²) in [5, 5.41) is 1.04. The number of amides is 4. The molecule has 1 aromatic heterocycles. The molecule has 4 amide bonds. The lowest BCUT2D eigenvalue weighted by Crippen LogP contribution is -2.60. The highest BCUT2D eigenvalue weighted by Crippen LogP contribution is 2.66. The Labute approximate surface area is 299 Å². The molecule has 272 valence electrons. The summed E-state index contributed by atoms with van der Waals surface area (Å²) in [7, 11) is 3.96. The molecule has 0 spiro atoms. The zero-order chi connectivity index (χ0) is 36.0. The summed E-state index contributed by atoms with van der Waals surface area (Å²) in [6, 6.07) is 11.7. The summed E-state index contributed by atoms with van der Waals surface area (Å²) in [5.41, 5.74) is 4.94. The second-order valence-corrected chi connectivity index (χ2v) is 17.6. The third-order valence-electron chi connectivity index (χ3n) is 12.3.